The molecule has 0 aliphatic carbocycles. The van der Waals surface area contributed by atoms with E-state index in [1.807, 2.05) is 0 Å². The van der Waals surface area contributed by atoms with Crippen LogP contribution in [0.25, 0.3) is 0 Å². The number of benzene rings is 1. The van der Waals surface area contributed by atoms with Gasteiger partial charge in [-0.1, -0.05) is 0 Å². The summed E-state index contributed by atoms with van der Waals surface area (Å²) in [6.45, 7) is 0. The van der Waals surface area contributed by atoms with Gasteiger partial charge in [-0.05, 0) is 40.2 Å². The maximum Gasteiger partial charge on any atom is 0.272 e. The fraction of sp³-hybridized carbons (Fsp3) is 0. The fourth-order valence-electron chi connectivity index (χ4n) is 1.54. The molecule has 9 heteroatoms. The van der Waals surface area contributed by atoms with E-state index in [1.165, 1.54) is 12.3 Å². The normalized spacial score (nSPS) is 11.3. The van der Waals surface area contributed by atoms with Gasteiger partial charge in [-0.15, -0.1) is 0 Å². The van der Waals surface area contributed by atoms with E-state index in [4.69, 9.17) is 5.14 Å². The Hall–Kier alpha value is -1.71. The van der Waals surface area contributed by atoms with Crippen LogP contribution in [0.15, 0.2) is 39.8 Å². The fourth-order valence-corrected chi connectivity index (χ4v) is 2.55. The van der Waals surface area contributed by atoms with Gasteiger partial charge in [-0.25, -0.2) is 17.9 Å². The highest BCUT2D eigenvalue weighted by molar-refractivity contribution is 9.10. The lowest BCUT2D eigenvalue weighted by Gasteiger charge is -2.09. The summed E-state index contributed by atoms with van der Waals surface area (Å²) in [4.78, 5) is 14.2. The van der Waals surface area contributed by atoms with Crippen LogP contribution < -0.4 is 10.5 Å². The monoisotopic (exact) mass is 361 g/mol. The van der Waals surface area contributed by atoms with Crippen LogP contribution >= 0.6 is 15.9 Å². The number of amides is 1. The van der Waals surface area contributed by atoms with Crippen LogP contribution in [-0.2, 0) is 10.0 Å². The highest BCUT2D eigenvalue weighted by atomic mass is 79.9. The Morgan fingerprint density at radius 3 is 2.60 bits per heavy atom. The van der Waals surface area contributed by atoms with Crippen molar-refractivity contribution in [1.29, 1.82) is 0 Å². The third-order valence-corrected chi connectivity index (χ3v) is 3.82. The number of aromatic nitrogens is 1. The number of hydrogen-bond donors (Lipinski definition) is 3. The Balaban J connectivity index is 2.38. The number of anilines is 1. The second-order valence-electron chi connectivity index (χ2n) is 3.87. The van der Waals surface area contributed by atoms with Gasteiger partial charge in [-0.2, -0.15) is 0 Å². The second-order valence-corrected chi connectivity index (χ2v) is 6.32. The summed E-state index contributed by atoms with van der Waals surface area (Å²) < 4.78 is 36.6. The van der Waals surface area contributed by atoms with Crippen LogP contribution in [0.2, 0.25) is 0 Å². The lowest BCUT2D eigenvalue weighted by Crippen LogP contribution is -2.18. The molecule has 1 aromatic heterocycles. The number of H-pyrrole nitrogens is 1. The Bertz CT molecular complexity index is 773. The summed E-state index contributed by atoms with van der Waals surface area (Å²) >= 11 is 3.16. The third kappa shape index (κ3) is 3.24. The highest BCUT2D eigenvalue weighted by Gasteiger charge is 2.17. The Morgan fingerprint density at radius 1 is 1.35 bits per heavy atom. The van der Waals surface area contributed by atoms with Gasteiger partial charge in [0.15, 0.2) is 0 Å². The molecule has 0 fully saturated rings. The molecule has 0 atom stereocenters. The molecule has 2 aromatic rings. The largest absolute Gasteiger partial charge is 0.356 e. The lowest BCUT2D eigenvalue weighted by molar-refractivity contribution is 0.102. The van der Waals surface area contributed by atoms with Gasteiger partial charge in [0.25, 0.3) is 5.91 Å². The van der Waals surface area contributed by atoms with E-state index in [2.05, 4.69) is 26.2 Å². The third-order valence-electron chi connectivity index (χ3n) is 2.39. The molecule has 2 rings (SSSR count). The summed E-state index contributed by atoms with van der Waals surface area (Å²) in [7, 11) is -4.07. The van der Waals surface area contributed by atoms with Gasteiger partial charge in [0.2, 0.25) is 10.0 Å². The van der Waals surface area contributed by atoms with E-state index in [9.17, 15) is 17.6 Å². The summed E-state index contributed by atoms with van der Waals surface area (Å²) in [5.74, 6) is -1.31. The van der Waals surface area contributed by atoms with E-state index in [0.717, 1.165) is 18.2 Å². The smallest absolute Gasteiger partial charge is 0.272 e. The first kappa shape index (κ1) is 14.7. The first-order valence-electron chi connectivity index (χ1n) is 5.25. The van der Waals surface area contributed by atoms with Gasteiger partial charge < -0.3 is 10.3 Å². The van der Waals surface area contributed by atoms with Crippen LogP contribution in [0.1, 0.15) is 10.5 Å². The molecule has 0 saturated carbocycles. The maximum atomic E-state index is 13.2. The number of halogens is 2. The number of primary sulfonamides is 1. The molecular formula is C11H9BrFN3O3S. The highest BCUT2D eigenvalue weighted by Crippen LogP contribution is 2.22. The minimum atomic E-state index is -4.07. The number of rotatable bonds is 3. The molecule has 1 heterocycles. The molecule has 0 spiro atoms. The van der Waals surface area contributed by atoms with E-state index in [-0.39, 0.29) is 16.3 Å². The number of aromatic amines is 1. The van der Waals surface area contributed by atoms with Crippen molar-refractivity contribution in [3.05, 3.63) is 46.4 Å². The summed E-state index contributed by atoms with van der Waals surface area (Å²) in [6.07, 6.45) is 1.53. The number of sulfonamides is 1. The van der Waals surface area contributed by atoms with Crippen LogP contribution in [0, 0.1) is 5.82 Å². The summed E-state index contributed by atoms with van der Waals surface area (Å²) in [6, 6.07) is 4.31. The molecule has 0 bridgehead atoms. The van der Waals surface area contributed by atoms with Gasteiger partial charge in [0, 0.05) is 10.7 Å². The Morgan fingerprint density at radius 2 is 2.05 bits per heavy atom. The molecule has 1 aromatic carbocycles. The SMILES string of the molecule is NS(=O)(=O)c1ccc(F)cc1NC(=O)c1cc(Br)c[nH]1. The quantitative estimate of drug-likeness (QED) is 0.776. The van der Waals surface area contributed by atoms with Crippen molar-refractivity contribution in [3.8, 4) is 0 Å². The molecule has 6 nitrogen and oxygen atoms in total. The Labute approximate surface area is 122 Å². The first-order valence-corrected chi connectivity index (χ1v) is 7.59. The van der Waals surface area contributed by atoms with Crippen molar-refractivity contribution in [2.75, 3.05) is 5.32 Å². The van der Waals surface area contributed by atoms with E-state index in [1.54, 1.807) is 0 Å². The molecule has 0 saturated heterocycles. The molecular weight excluding hydrogens is 353 g/mol. The zero-order valence-electron chi connectivity index (χ0n) is 9.85. The molecule has 106 valence electrons. The van der Waals surface area contributed by atoms with Gasteiger partial charge in [0.1, 0.15) is 16.4 Å². The first-order chi connectivity index (χ1) is 9.27. The molecule has 0 radical (unpaired) electrons. The number of nitrogens with two attached hydrogens (primary N) is 1. The summed E-state index contributed by atoms with van der Waals surface area (Å²) in [5, 5.41) is 7.31. The van der Waals surface area contributed by atoms with Crippen molar-refractivity contribution in [3.63, 3.8) is 0 Å². The van der Waals surface area contributed by atoms with Crippen molar-refractivity contribution >= 4 is 37.5 Å². The molecule has 0 unspecified atom stereocenters. The minimum absolute atomic E-state index is 0.182. The van der Waals surface area contributed by atoms with Crippen LogP contribution in [0.4, 0.5) is 10.1 Å². The standard InChI is InChI=1S/C11H9BrFN3O3S/c12-6-3-9(15-5-6)11(17)16-8-4-7(13)1-2-10(8)20(14,18)19/h1-5,15H,(H,16,17)(H2,14,18,19). The predicted octanol–water partition coefficient (Wildman–Crippen LogP) is 1.82. The van der Waals surface area contributed by atoms with Crippen LogP contribution in [-0.4, -0.2) is 19.3 Å². The van der Waals surface area contributed by atoms with Crippen LogP contribution in [0.3, 0.4) is 0 Å². The van der Waals surface area contributed by atoms with Crippen molar-refractivity contribution in [2.45, 2.75) is 4.90 Å². The summed E-state index contributed by atoms with van der Waals surface area (Å²) in [5.41, 5.74) is -0.0373. The van der Waals surface area contributed by atoms with Gasteiger partial charge >= 0.3 is 0 Å². The zero-order valence-corrected chi connectivity index (χ0v) is 12.3. The average Bonchev–Trinajstić information content (AvgIpc) is 2.74. The van der Waals surface area contributed by atoms with Crippen molar-refractivity contribution in [1.82, 2.24) is 4.98 Å². The molecule has 20 heavy (non-hydrogen) atoms. The number of carbonyl (C=O) groups excluding carboxylic acids is 1. The molecule has 4 N–H and O–H groups in total. The average molecular weight is 362 g/mol. The van der Waals surface area contributed by atoms with E-state index >= 15 is 0 Å². The topological polar surface area (TPSA) is 105 Å². The minimum Gasteiger partial charge on any atom is -0.356 e. The molecule has 1 amide bonds. The van der Waals surface area contributed by atoms with E-state index in [0.29, 0.717) is 4.47 Å². The van der Waals surface area contributed by atoms with Crippen molar-refractivity contribution < 1.29 is 17.6 Å². The van der Waals surface area contributed by atoms with Gasteiger partial charge in [-0.3, -0.25) is 4.79 Å². The number of carbonyl (C=O) groups is 1. The van der Waals surface area contributed by atoms with E-state index < -0.39 is 21.7 Å². The lowest BCUT2D eigenvalue weighted by atomic mass is 10.3. The molecule has 0 aliphatic heterocycles. The number of nitrogens with one attached hydrogen (secondary N) is 2. The van der Waals surface area contributed by atoms with Crippen molar-refractivity contribution in [2.24, 2.45) is 5.14 Å². The maximum absolute atomic E-state index is 13.2. The second kappa shape index (κ2) is 5.35. The molecule has 0 aliphatic rings. The van der Waals surface area contributed by atoms with Crippen LogP contribution in [0.5, 0.6) is 0 Å². The predicted molar refractivity (Wildman–Crippen MR) is 74.2 cm³/mol. The zero-order chi connectivity index (χ0) is 14.9. The van der Waals surface area contributed by atoms with Gasteiger partial charge in [0.05, 0.1) is 5.69 Å². The number of hydrogen-bond acceptors (Lipinski definition) is 3. The Kier molecular flexibility index (Phi) is 3.93.